The lowest BCUT2D eigenvalue weighted by Crippen LogP contribution is -2.32. The highest BCUT2D eigenvalue weighted by atomic mass is 35.5. The number of benzene rings is 4. The van der Waals surface area contributed by atoms with Crippen molar-refractivity contribution >= 4 is 58.9 Å². The van der Waals surface area contributed by atoms with Crippen LogP contribution in [0.4, 0.5) is 5.69 Å². The molecular formula is C29H19Cl2N3O6. The fraction of sp³-hybridized carbons (Fsp3) is 0. The molecule has 4 aromatic rings. The molecule has 0 saturated carbocycles. The number of rotatable bonds is 7. The molecule has 0 heterocycles. The molecule has 0 aromatic heterocycles. The SMILES string of the molecule is O=C(NN=Cc1ccc(OC(=O)c2ccccc2)cc1OC(=O)c1ccccc1)C(=O)Nc1cc(Cl)ccc1Cl. The largest absolute Gasteiger partial charge is 0.423 e. The van der Waals surface area contributed by atoms with E-state index in [-0.39, 0.29) is 33.3 Å². The van der Waals surface area contributed by atoms with Crippen LogP contribution < -0.4 is 20.2 Å². The summed E-state index contributed by atoms with van der Waals surface area (Å²) in [6.07, 6.45) is 1.16. The van der Waals surface area contributed by atoms with Gasteiger partial charge >= 0.3 is 23.8 Å². The molecule has 2 amide bonds. The van der Waals surface area contributed by atoms with E-state index in [0.717, 1.165) is 6.21 Å². The predicted molar refractivity (Wildman–Crippen MR) is 150 cm³/mol. The molecule has 0 bridgehead atoms. The molecule has 0 saturated heterocycles. The van der Waals surface area contributed by atoms with E-state index in [0.29, 0.717) is 10.6 Å². The van der Waals surface area contributed by atoms with Gasteiger partial charge in [0.15, 0.2) is 0 Å². The lowest BCUT2D eigenvalue weighted by Gasteiger charge is -2.11. The van der Waals surface area contributed by atoms with Crippen LogP contribution in [0.3, 0.4) is 0 Å². The van der Waals surface area contributed by atoms with Gasteiger partial charge in [0.25, 0.3) is 0 Å². The second-order valence-electron chi connectivity index (χ2n) is 7.99. The number of carbonyl (C=O) groups is 4. The fourth-order valence-corrected chi connectivity index (χ4v) is 3.57. The zero-order chi connectivity index (χ0) is 28.5. The monoisotopic (exact) mass is 575 g/mol. The molecule has 40 heavy (non-hydrogen) atoms. The van der Waals surface area contributed by atoms with E-state index >= 15 is 0 Å². The van der Waals surface area contributed by atoms with E-state index < -0.39 is 23.8 Å². The number of hydrogen-bond donors (Lipinski definition) is 2. The summed E-state index contributed by atoms with van der Waals surface area (Å²) in [6, 6.07) is 25.2. The molecular weight excluding hydrogens is 557 g/mol. The van der Waals surface area contributed by atoms with Crippen LogP contribution in [0.25, 0.3) is 0 Å². The zero-order valence-electron chi connectivity index (χ0n) is 20.5. The number of nitrogens with zero attached hydrogens (tertiary/aromatic N) is 1. The van der Waals surface area contributed by atoms with Crippen molar-refractivity contribution in [3.63, 3.8) is 0 Å². The standard InChI is InChI=1S/C29H19Cl2N3O6/c30-21-12-14-23(31)24(15-21)33-26(35)27(36)34-32-17-20-11-13-22(39-28(37)18-7-3-1-4-8-18)16-25(20)40-29(38)19-9-5-2-6-10-19/h1-17H,(H,33,35)(H,34,36). The first kappa shape index (κ1) is 28.0. The molecule has 2 N–H and O–H groups in total. The summed E-state index contributed by atoms with van der Waals surface area (Å²) in [5.74, 6) is -3.34. The van der Waals surface area contributed by atoms with Gasteiger partial charge in [-0.3, -0.25) is 9.59 Å². The summed E-state index contributed by atoms with van der Waals surface area (Å²) in [4.78, 5) is 49.6. The number of anilines is 1. The molecule has 4 rings (SSSR count). The lowest BCUT2D eigenvalue weighted by atomic mass is 10.2. The molecule has 0 unspecified atom stereocenters. The Hall–Kier alpha value is -4.99. The highest BCUT2D eigenvalue weighted by Crippen LogP contribution is 2.26. The normalized spacial score (nSPS) is 10.6. The molecule has 200 valence electrons. The van der Waals surface area contributed by atoms with Crippen molar-refractivity contribution in [3.8, 4) is 11.5 Å². The first-order valence-electron chi connectivity index (χ1n) is 11.6. The molecule has 0 fully saturated rings. The molecule has 4 aromatic carbocycles. The van der Waals surface area contributed by atoms with Crippen molar-refractivity contribution < 1.29 is 28.7 Å². The molecule has 0 atom stereocenters. The Balaban J connectivity index is 1.50. The van der Waals surface area contributed by atoms with Crippen molar-refractivity contribution in [2.24, 2.45) is 5.10 Å². The number of hydrogen-bond acceptors (Lipinski definition) is 7. The van der Waals surface area contributed by atoms with Crippen LogP contribution in [-0.4, -0.2) is 30.0 Å². The van der Waals surface area contributed by atoms with Crippen molar-refractivity contribution in [2.45, 2.75) is 0 Å². The van der Waals surface area contributed by atoms with Gasteiger partial charge in [-0.05, 0) is 54.6 Å². The third-order valence-corrected chi connectivity index (χ3v) is 5.73. The fourth-order valence-electron chi connectivity index (χ4n) is 3.23. The smallest absolute Gasteiger partial charge is 0.343 e. The van der Waals surface area contributed by atoms with E-state index in [2.05, 4.69) is 15.8 Å². The number of amides is 2. The summed E-state index contributed by atoms with van der Waals surface area (Å²) in [5.41, 5.74) is 3.08. The lowest BCUT2D eigenvalue weighted by molar-refractivity contribution is -0.136. The van der Waals surface area contributed by atoms with Crippen LogP contribution in [0, 0.1) is 0 Å². The van der Waals surface area contributed by atoms with Gasteiger partial charge in [0.1, 0.15) is 11.5 Å². The van der Waals surface area contributed by atoms with Crippen LogP contribution in [0.15, 0.2) is 102 Å². The quantitative estimate of drug-likeness (QED) is 0.0982. The van der Waals surface area contributed by atoms with E-state index in [9.17, 15) is 19.2 Å². The van der Waals surface area contributed by atoms with Gasteiger partial charge in [0, 0.05) is 16.7 Å². The van der Waals surface area contributed by atoms with E-state index in [1.54, 1.807) is 60.7 Å². The Morgan fingerprint density at radius 1 is 0.700 bits per heavy atom. The van der Waals surface area contributed by atoms with Gasteiger partial charge in [-0.15, -0.1) is 0 Å². The van der Waals surface area contributed by atoms with Crippen LogP contribution in [0.1, 0.15) is 26.3 Å². The maximum atomic E-state index is 12.7. The van der Waals surface area contributed by atoms with Crippen LogP contribution >= 0.6 is 23.2 Å². The van der Waals surface area contributed by atoms with Gasteiger partial charge in [0.2, 0.25) is 0 Å². The molecule has 0 aliphatic heterocycles. The van der Waals surface area contributed by atoms with Gasteiger partial charge in [-0.2, -0.15) is 5.10 Å². The summed E-state index contributed by atoms with van der Waals surface area (Å²) < 4.78 is 10.9. The summed E-state index contributed by atoms with van der Waals surface area (Å²) in [7, 11) is 0. The molecule has 11 heteroatoms. The Kier molecular flexibility index (Phi) is 9.24. The maximum Gasteiger partial charge on any atom is 0.343 e. The number of halogens is 2. The van der Waals surface area contributed by atoms with Crippen LogP contribution in [0.2, 0.25) is 10.0 Å². The van der Waals surface area contributed by atoms with E-state index in [1.165, 1.54) is 36.4 Å². The van der Waals surface area contributed by atoms with E-state index in [4.69, 9.17) is 32.7 Å². The molecule has 0 spiro atoms. The molecule has 0 aliphatic rings. The van der Waals surface area contributed by atoms with Crippen LogP contribution in [0.5, 0.6) is 11.5 Å². The second kappa shape index (κ2) is 13.2. The Bertz CT molecular complexity index is 1590. The highest BCUT2D eigenvalue weighted by molar-refractivity contribution is 6.42. The number of ether oxygens (including phenoxy) is 2. The van der Waals surface area contributed by atoms with Gasteiger partial charge in [-0.1, -0.05) is 59.6 Å². The highest BCUT2D eigenvalue weighted by Gasteiger charge is 2.17. The Morgan fingerprint density at radius 3 is 1.98 bits per heavy atom. The van der Waals surface area contributed by atoms with Crippen molar-refractivity contribution in [2.75, 3.05) is 5.32 Å². The minimum atomic E-state index is -1.09. The van der Waals surface area contributed by atoms with Crippen LogP contribution in [-0.2, 0) is 9.59 Å². The second-order valence-corrected chi connectivity index (χ2v) is 8.83. The first-order valence-corrected chi connectivity index (χ1v) is 12.3. The van der Waals surface area contributed by atoms with Gasteiger partial charge in [-0.25, -0.2) is 15.0 Å². The number of carbonyl (C=O) groups excluding carboxylic acids is 4. The Labute approximate surface area is 238 Å². The molecule has 0 aliphatic carbocycles. The molecule has 0 radical (unpaired) electrons. The minimum Gasteiger partial charge on any atom is -0.423 e. The Morgan fingerprint density at radius 2 is 1.32 bits per heavy atom. The summed E-state index contributed by atoms with van der Waals surface area (Å²) >= 11 is 11.9. The number of esters is 2. The predicted octanol–water partition coefficient (Wildman–Crippen LogP) is 5.52. The van der Waals surface area contributed by atoms with Gasteiger partial charge in [0.05, 0.1) is 28.1 Å². The number of nitrogens with one attached hydrogen (secondary N) is 2. The maximum absolute atomic E-state index is 12.7. The summed E-state index contributed by atoms with van der Waals surface area (Å²) in [6.45, 7) is 0. The van der Waals surface area contributed by atoms with Crippen molar-refractivity contribution in [1.29, 1.82) is 0 Å². The third kappa shape index (κ3) is 7.53. The summed E-state index contributed by atoms with van der Waals surface area (Å²) in [5, 5.41) is 6.62. The third-order valence-electron chi connectivity index (χ3n) is 5.17. The first-order chi connectivity index (χ1) is 19.3. The average molecular weight is 576 g/mol. The van der Waals surface area contributed by atoms with Gasteiger partial charge < -0.3 is 14.8 Å². The number of hydrazone groups is 1. The molecule has 9 nitrogen and oxygen atoms in total. The average Bonchev–Trinajstić information content (AvgIpc) is 2.96. The minimum absolute atomic E-state index is 0.0135. The zero-order valence-corrected chi connectivity index (χ0v) is 22.0. The van der Waals surface area contributed by atoms with E-state index in [1.807, 2.05) is 0 Å². The van der Waals surface area contributed by atoms with Crippen molar-refractivity contribution in [3.05, 3.63) is 124 Å². The van der Waals surface area contributed by atoms with Crippen molar-refractivity contribution in [1.82, 2.24) is 5.43 Å². The topological polar surface area (TPSA) is 123 Å².